The lowest BCUT2D eigenvalue weighted by molar-refractivity contribution is 0.874. The highest BCUT2D eigenvalue weighted by Crippen LogP contribution is 2.41. The molecule has 0 saturated heterocycles. The summed E-state index contributed by atoms with van der Waals surface area (Å²) in [6, 6.07) is 8.08. The Kier molecular flexibility index (Phi) is 2.79. The normalized spacial score (nSPS) is 14.9. The number of fused-ring (bicyclic) bond motifs is 1. The van der Waals surface area contributed by atoms with Crippen LogP contribution in [0.4, 0.5) is 0 Å². The molecule has 1 aliphatic carbocycles. The van der Waals surface area contributed by atoms with Crippen LogP contribution >= 0.6 is 27.5 Å². The molecule has 4 rings (SSSR count). The van der Waals surface area contributed by atoms with Crippen LogP contribution in [-0.4, -0.2) is 19.7 Å². The van der Waals surface area contributed by atoms with Gasteiger partial charge in [-0.15, -0.1) is 10.2 Å². The molecule has 20 heavy (non-hydrogen) atoms. The Morgan fingerprint density at radius 1 is 1.25 bits per heavy atom. The van der Waals surface area contributed by atoms with Crippen LogP contribution in [0, 0.1) is 0 Å². The average molecular weight is 350 g/mol. The molecule has 0 radical (unpaired) electrons. The predicted molar refractivity (Wildman–Crippen MR) is 81.3 cm³/mol. The molecule has 4 nitrogen and oxygen atoms in total. The lowest BCUT2D eigenvalue weighted by Crippen LogP contribution is -2.02. The van der Waals surface area contributed by atoms with Crippen LogP contribution in [-0.2, 0) is 0 Å². The lowest BCUT2D eigenvalue weighted by atomic mass is 10.2. The maximum atomic E-state index is 6.24. The third kappa shape index (κ3) is 1.93. The Labute approximate surface area is 128 Å². The summed E-state index contributed by atoms with van der Waals surface area (Å²) in [5, 5.41) is 9.69. The van der Waals surface area contributed by atoms with Gasteiger partial charge in [-0.3, -0.25) is 9.55 Å². The van der Waals surface area contributed by atoms with E-state index in [1.165, 1.54) is 0 Å². The van der Waals surface area contributed by atoms with E-state index < -0.39 is 0 Å². The third-order valence-corrected chi connectivity index (χ3v) is 4.17. The molecule has 100 valence electrons. The van der Waals surface area contributed by atoms with E-state index in [1.54, 1.807) is 6.20 Å². The minimum absolute atomic E-state index is 0.393. The van der Waals surface area contributed by atoms with Crippen LogP contribution in [0.15, 0.2) is 34.9 Å². The zero-order valence-corrected chi connectivity index (χ0v) is 12.8. The summed E-state index contributed by atoms with van der Waals surface area (Å²) in [6.07, 6.45) is 4.10. The number of para-hydroxylation sites is 1. The molecule has 0 amide bonds. The van der Waals surface area contributed by atoms with E-state index in [9.17, 15) is 0 Å². The molecule has 0 spiro atoms. The van der Waals surface area contributed by atoms with Gasteiger partial charge in [0.15, 0.2) is 0 Å². The Morgan fingerprint density at radius 3 is 2.90 bits per heavy atom. The number of hydrogen-bond acceptors (Lipinski definition) is 3. The largest absolute Gasteiger partial charge is 0.267 e. The molecule has 0 bridgehead atoms. The van der Waals surface area contributed by atoms with E-state index in [0.717, 1.165) is 39.7 Å². The molecule has 0 atom stereocenters. The van der Waals surface area contributed by atoms with Gasteiger partial charge in [0.1, 0.15) is 5.82 Å². The van der Waals surface area contributed by atoms with E-state index in [1.807, 2.05) is 28.8 Å². The number of halogens is 2. The number of nitrogens with zero attached hydrogens (tertiary/aromatic N) is 4. The first-order valence-electron chi connectivity index (χ1n) is 6.39. The van der Waals surface area contributed by atoms with Crippen LogP contribution < -0.4 is 0 Å². The molecular formula is C14H10BrClN4. The van der Waals surface area contributed by atoms with Gasteiger partial charge in [-0.05, 0) is 52.5 Å². The Balaban J connectivity index is 2.01. The summed E-state index contributed by atoms with van der Waals surface area (Å²) in [5.74, 6) is 1.41. The SMILES string of the molecule is Clc1nnc(C2CC2)n1-c1cccc2cc(Br)cnc12. The molecule has 1 aliphatic rings. The van der Waals surface area contributed by atoms with Gasteiger partial charge in [-0.1, -0.05) is 12.1 Å². The van der Waals surface area contributed by atoms with Gasteiger partial charge in [0.2, 0.25) is 5.28 Å². The fraction of sp³-hybridized carbons (Fsp3) is 0.214. The second-order valence-electron chi connectivity index (χ2n) is 4.94. The Morgan fingerprint density at radius 2 is 2.10 bits per heavy atom. The standard InChI is InChI=1S/C14H10BrClN4/c15-10-6-9-2-1-3-11(12(9)17-7-10)20-13(8-4-5-8)18-19-14(20)16/h1-3,6-8H,4-5H2. The second-order valence-corrected chi connectivity index (χ2v) is 6.19. The highest BCUT2D eigenvalue weighted by Gasteiger charge is 2.31. The van der Waals surface area contributed by atoms with Crippen LogP contribution in [0.5, 0.6) is 0 Å². The summed E-state index contributed by atoms with van der Waals surface area (Å²) >= 11 is 9.68. The fourth-order valence-electron chi connectivity index (χ4n) is 2.40. The molecule has 1 saturated carbocycles. The summed E-state index contributed by atoms with van der Waals surface area (Å²) in [7, 11) is 0. The van der Waals surface area contributed by atoms with Gasteiger partial charge >= 0.3 is 0 Å². The number of benzene rings is 1. The average Bonchev–Trinajstić information content (AvgIpc) is 3.21. The molecular weight excluding hydrogens is 340 g/mol. The summed E-state index contributed by atoms with van der Waals surface area (Å²) < 4.78 is 2.88. The highest BCUT2D eigenvalue weighted by molar-refractivity contribution is 9.10. The van der Waals surface area contributed by atoms with E-state index in [0.29, 0.717) is 11.2 Å². The Hall–Kier alpha value is -1.46. The van der Waals surface area contributed by atoms with Gasteiger partial charge in [-0.25, -0.2) is 0 Å². The molecule has 1 fully saturated rings. The van der Waals surface area contributed by atoms with E-state index in [4.69, 9.17) is 11.6 Å². The van der Waals surface area contributed by atoms with Crippen molar-refractivity contribution in [3.05, 3.63) is 46.0 Å². The monoisotopic (exact) mass is 348 g/mol. The highest BCUT2D eigenvalue weighted by atomic mass is 79.9. The van der Waals surface area contributed by atoms with Crippen LogP contribution in [0.25, 0.3) is 16.6 Å². The molecule has 3 aromatic rings. The van der Waals surface area contributed by atoms with Crippen molar-refractivity contribution in [1.29, 1.82) is 0 Å². The minimum atomic E-state index is 0.393. The zero-order valence-electron chi connectivity index (χ0n) is 10.4. The van der Waals surface area contributed by atoms with Gasteiger partial charge < -0.3 is 0 Å². The molecule has 6 heteroatoms. The van der Waals surface area contributed by atoms with E-state index >= 15 is 0 Å². The smallest absolute Gasteiger partial charge is 0.229 e. The number of hydrogen-bond donors (Lipinski definition) is 0. The number of rotatable bonds is 2. The van der Waals surface area contributed by atoms with Crippen molar-refractivity contribution in [2.75, 3.05) is 0 Å². The van der Waals surface area contributed by atoms with E-state index in [-0.39, 0.29) is 0 Å². The fourth-order valence-corrected chi connectivity index (χ4v) is 2.97. The van der Waals surface area contributed by atoms with Crippen LogP contribution in [0.1, 0.15) is 24.6 Å². The van der Waals surface area contributed by atoms with Gasteiger partial charge in [0.25, 0.3) is 0 Å². The second kappa shape index (κ2) is 4.53. The van der Waals surface area contributed by atoms with Crippen molar-refractivity contribution in [3.8, 4) is 5.69 Å². The Bertz CT molecular complexity index is 810. The molecule has 0 unspecified atom stereocenters. The van der Waals surface area contributed by atoms with Gasteiger partial charge in [-0.2, -0.15) is 0 Å². The van der Waals surface area contributed by atoms with Gasteiger partial charge in [0.05, 0.1) is 11.2 Å². The lowest BCUT2D eigenvalue weighted by Gasteiger charge is -2.10. The quantitative estimate of drug-likeness (QED) is 0.699. The van der Waals surface area contributed by atoms with Crippen molar-refractivity contribution >= 4 is 38.4 Å². The first-order valence-corrected chi connectivity index (χ1v) is 7.56. The van der Waals surface area contributed by atoms with Crippen LogP contribution in [0.2, 0.25) is 5.28 Å². The van der Waals surface area contributed by atoms with Crippen molar-refractivity contribution in [1.82, 2.24) is 19.7 Å². The summed E-state index contributed by atoms with van der Waals surface area (Å²) in [6.45, 7) is 0. The minimum Gasteiger partial charge on any atom is -0.267 e. The first-order chi connectivity index (χ1) is 9.74. The van der Waals surface area contributed by atoms with E-state index in [2.05, 4.69) is 31.1 Å². The molecule has 0 N–H and O–H groups in total. The molecule has 2 aromatic heterocycles. The zero-order chi connectivity index (χ0) is 13.7. The van der Waals surface area contributed by atoms with Crippen molar-refractivity contribution in [2.45, 2.75) is 18.8 Å². The summed E-state index contributed by atoms with van der Waals surface area (Å²) in [4.78, 5) is 4.52. The third-order valence-electron chi connectivity index (χ3n) is 3.49. The molecule has 2 heterocycles. The van der Waals surface area contributed by atoms with Crippen molar-refractivity contribution in [2.24, 2.45) is 0 Å². The predicted octanol–water partition coefficient (Wildman–Crippen LogP) is 4.11. The van der Waals surface area contributed by atoms with Gasteiger partial charge in [0, 0.05) is 22.0 Å². The van der Waals surface area contributed by atoms with Crippen molar-refractivity contribution < 1.29 is 0 Å². The van der Waals surface area contributed by atoms with Crippen LogP contribution in [0.3, 0.4) is 0 Å². The number of pyridine rings is 1. The topological polar surface area (TPSA) is 43.6 Å². The maximum Gasteiger partial charge on any atom is 0.229 e. The maximum absolute atomic E-state index is 6.24. The first kappa shape index (κ1) is 12.3. The van der Waals surface area contributed by atoms with Crippen molar-refractivity contribution in [3.63, 3.8) is 0 Å². The number of aromatic nitrogens is 4. The summed E-state index contributed by atoms with van der Waals surface area (Å²) in [5.41, 5.74) is 1.84. The molecule has 0 aliphatic heterocycles. The molecule has 1 aromatic carbocycles.